The van der Waals surface area contributed by atoms with E-state index in [2.05, 4.69) is 45.9 Å². The summed E-state index contributed by atoms with van der Waals surface area (Å²) < 4.78 is 1.09. The summed E-state index contributed by atoms with van der Waals surface area (Å²) in [6, 6.07) is 6.79. The average molecular weight is 364 g/mol. The molecule has 1 aromatic carbocycles. The fourth-order valence-corrected chi connectivity index (χ4v) is 1.82. The molecule has 17 heavy (non-hydrogen) atoms. The van der Waals surface area contributed by atoms with Crippen molar-refractivity contribution >= 4 is 52.7 Å². The predicted octanol–water partition coefficient (Wildman–Crippen LogP) is 1.66. The minimum atomic E-state index is -0.616. The van der Waals surface area contributed by atoms with E-state index >= 15 is 0 Å². The highest BCUT2D eigenvalue weighted by molar-refractivity contribution is 14.1. The van der Waals surface area contributed by atoms with Crippen LogP contribution in [-0.4, -0.2) is 23.6 Å². The van der Waals surface area contributed by atoms with Crippen LogP contribution in [0.25, 0.3) is 0 Å². The van der Waals surface area contributed by atoms with Gasteiger partial charge in [0, 0.05) is 21.9 Å². The van der Waals surface area contributed by atoms with Gasteiger partial charge in [0.15, 0.2) is 0 Å². The Morgan fingerprint density at radius 2 is 1.94 bits per heavy atom. The number of hydrogen-bond acceptors (Lipinski definition) is 3. The molecule has 2 N–H and O–H groups in total. The molecule has 1 atom stereocenters. The average Bonchev–Trinajstić information content (AvgIpc) is 2.28. The number of carbonyl (C=O) groups is 2. The first kappa shape index (κ1) is 14.3. The second-order valence-corrected chi connectivity index (χ2v) is 5.04. The van der Waals surface area contributed by atoms with Crippen molar-refractivity contribution in [2.75, 3.05) is 11.1 Å². The number of anilines is 1. The first-order valence-corrected chi connectivity index (χ1v) is 6.68. The van der Waals surface area contributed by atoms with Crippen molar-refractivity contribution in [2.24, 2.45) is 0 Å². The Balaban J connectivity index is 2.63. The zero-order chi connectivity index (χ0) is 12.8. The molecule has 0 bridgehead atoms. The number of nitrogens with one attached hydrogen (secondary N) is 2. The van der Waals surface area contributed by atoms with E-state index in [9.17, 15) is 9.59 Å². The fourth-order valence-electron chi connectivity index (χ4n) is 1.20. The molecule has 0 saturated heterocycles. The van der Waals surface area contributed by atoms with Crippen LogP contribution in [0.5, 0.6) is 0 Å². The minimum absolute atomic E-state index is 0.248. The number of rotatable bonds is 4. The summed E-state index contributed by atoms with van der Waals surface area (Å²) in [6.45, 7) is 1.37. The number of carbonyl (C=O) groups excluding carboxylic acids is 2. The van der Waals surface area contributed by atoms with Gasteiger partial charge in [0.25, 0.3) is 0 Å². The summed E-state index contributed by atoms with van der Waals surface area (Å²) in [5.74, 6) is -0.256. The highest BCUT2D eigenvalue weighted by atomic mass is 127. The van der Waals surface area contributed by atoms with Gasteiger partial charge in [-0.2, -0.15) is 12.6 Å². The molecule has 0 heterocycles. The molecule has 92 valence electrons. The van der Waals surface area contributed by atoms with E-state index in [1.54, 1.807) is 0 Å². The molecule has 0 spiro atoms. The lowest BCUT2D eigenvalue weighted by molar-refractivity contribution is -0.124. The van der Waals surface area contributed by atoms with Crippen LogP contribution in [-0.2, 0) is 9.59 Å². The van der Waals surface area contributed by atoms with Crippen molar-refractivity contribution in [3.05, 3.63) is 27.8 Å². The maximum absolute atomic E-state index is 11.8. The highest BCUT2D eigenvalue weighted by Crippen LogP contribution is 2.11. The van der Waals surface area contributed by atoms with E-state index < -0.39 is 6.04 Å². The molecule has 0 aliphatic carbocycles. The SMILES string of the molecule is CC(=O)NC(CS)C(=O)Nc1ccc(I)cc1. The highest BCUT2D eigenvalue weighted by Gasteiger charge is 2.17. The van der Waals surface area contributed by atoms with Gasteiger partial charge in [-0.15, -0.1) is 0 Å². The van der Waals surface area contributed by atoms with Gasteiger partial charge in [-0.05, 0) is 46.9 Å². The lowest BCUT2D eigenvalue weighted by Gasteiger charge is -2.15. The molecule has 0 aromatic heterocycles. The van der Waals surface area contributed by atoms with Crippen molar-refractivity contribution in [3.8, 4) is 0 Å². The monoisotopic (exact) mass is 364 g/mol. The summed E-state index contributed by atoms with van der Waals surface area (Å²) in [5.41, 5.74) is 0.701. The summed E-state index contributed by atoms with van der Waals surface area (Å²) in [7, 11) is 0. The Bertz CT molecular complexity index is 408. The van der Waals surface area contributed by atoms with Crippen molar-refractivity contribution in [3.63, 3.8) is 0 Å². The molecule has 0 fully saturated rings. The molecule has 1 rings (SSSR count). The Hall–Kier alpha value is -0.760. The molecule has 6 heteroatoms. The summed E-state index contributed by atoms with van der Waals surface area (Å²) >= 11 is 6.22. The lowest BCUT2D eigenvalue weighted by atomic mass is 10.2. The summed E-state index contributed by atoms with van der Waals surface area (Å²) in [5, 5.41) is 5.25. The number of benzene rings is 1. The Labute approximate surface area is 119 Å². The largest absolute Gasteiger partial charge is 0.344 e. The van der Waals surface area contributed by atoms with Crippen LogP contribution >= 0.6 is 35.2 Å². The number of thiol groups is 1. The van der Waals surface area contributed by atoms with Crippen molar-refractivity contribution in [2.45, 2.75) is 13.0 Å². The number of amides is 2. The van der Waals surface area contributed by atoms with E-state index in [1.165, 1.54) is 6.92 Å². The zero-order valence-electron chi connectivity index (χ0n) is 9.24. The molecule has 1 aromatic rings. The van der Waals surface area contributed by atoms with Crippen LogP contribution in [0.4, 0.5) is 5.69 Å². The third kappa shape index (κ3) is 4.95. The number of hydrogen-bond donors (Lipinski definition) is 3. The second kappa shape index (κ2) is 6.85. The molecule has 4 nitrogen and oxygen atoms in total. The standard InChI is InChI=1S/C11H13IN2O2S/c1-7(15)13-10(6-17)11(16)14-9-4-2-8(12)3-5-9/h2-5,10,17H,6H2,1H3,(H,13,15)(H,14,16). The van der Waals surface area contributed by atoms with E-state index in [-0.39, 0.29) is 17.6 Å². The van der Waals surface area contributed by atoms with Crippen LogP contribution in [0.2, 0.25) is 0 Å². The normalized spacial score (nSPS) is 11.7. The van der Waals surface area contributed by atoms with E-state index in [0.29, 0.717) is 5.69 Å². The Morgan fingerprint density at radius 1 is 1.35 bits per heavy atom. The molecule has 2 amide bonds. The van der Waals surface area contributed by atoms with Crippen LogP contribution in [0.3, 0.4) is 0 Å². The van der Waals surface area contributed by atoms with Gasteiger partial charge >= 0.3 is 0 Å². The third-order valence-corrected chi connectivity index (χ3v) is 3.07. The minimum Gasteiger partial charge on any atom is -0.344 e. The molecule has 0 saturated carbocycles. The second-order valence-electron chi connectivity index (χ2n) is 3.43. The molecular weight excluding hydrogens is 351 g/mol. The maximum Gasteiger partial charge on any atom is 0.247 e. The molecule has 0 radical (unpaired) electrons. The molecule has 0 aliphatic rings. The summed E-state index contributed by atoms with van der Waals surface area (Å²) in [4.78, 5) is 22.7. The predicted molar refractivity (Wildman–Crippen MR) is 79.2 cm³/mol. The van der Waals surface area contributed by atoms with Gasteiger partial charge in [-0.25, -0.2) is 0 Å². The molecule has 0 aliphatic heterocycles. The van der Waals surface area contributed by atoms with Gasteiger partial charge in [-0.1, -0.05) is 0 Å². The van der Waals surface area contributed by atoms with Crippen molar-refractivity contribution in [1.82, 2.24) is 5.32 Å². The molecule has 1 unspecified atom stereocenters. The quantitative estimate of drug-likeness (QED) is 0.562. The van der Waals surface area contributed by atoms with Crippen LogP contribution in [0, 0.1) is 3.57 Å². The van der Waals surface area contributed by atoms with E-state index in [0.717, 1.165) is 3.57 Å². The first-order chi connectivity index (χ1) is 8.02. The van der Waals surface area contributed by atoms with Gasteiger partial charge in [0.2, 0.25) is 11.8 Å². The van der Waals surface area contributed by atoms with Crippen LogP contribution in [0.15, 0.2) is 24.3 Å². The summed E-state index contributed by atoms with van der Waals surface area (Å²) in [6.07, 6.45) is 0. The van der Waals surface area contributed by atoms with Gasteiger partial charge in [0.05, 0.1) is 0 Å². The lowest BCUT2D eigenvalue weighted by Crippen LogP contribution is -2.44. The van der Waals surface area contributed by atoms with Crippen molar-refractivity contribution in [1.29, 1.82) is 0 Å². The van der Waals surface area contributed by atoms with Crippen molar-refractivity contribution < 1.29 is 9.59 Å². The van der Waals surface area contributed by atoms with E-state index in [1.807, 2.05) is 24.3 Å². The first-order valence-electron chi connectivity index (χ1n) is 4.97. The van der Waals surface area contributed by atoms with Gasteiger partial charge in [-0.3, -0.25) is 9.59 Å². The third-order valence-electron chi connectivity index (χ3n) is 1.99. The fraction of sp³-hybridized carbons (Fsp3) is 0.273. The Morgan fingerprint density at radius 3 is 2.41 bits per heavy atom. The molecular formula is C11H13IN2O2S. The van der Waals surface area contributed by atoms with E-state index in [4.69, 9.17) is 0 Å². The van der Waals surface area contributed by atoms with Gasteiger partial charge in [0.1, 0.15) is 6.04 Å². The number of halogens is 1. The maximum atomic E-state index is 11.8. The topological polar surface area (TPSA) is 58.2 Å². The van der Waals surface area contributed by atoms with Crippen LogP contribution < -0.4 is 10.6 Å². The zero-order valence-corrected chi connectivity index (χ0v) is 12.3. The smallest absolute Gasteiger partial charge is 0.247 e. The Kier molecular flexibility index (Phi) is 5.76. The van der Waals surface area contributed by atoms with Crippen LogP contribution in [0.1, 0.15) is 6.92 Å². The van der Waals surface area contributed by atoms with Gasteiger partial charge < -0.3 is 10.6 Å².